The van der Waals surface area contributed by atoms with Crippen molar-refractivity contribution in [2.24, 2.45) is 0 Å². The van der Waals surface area contributed by atoms with Gasteiger partial charge in [0.2, 0.25) is 0 Å². The normalized spacial score (nSPS) is 14.8. The fourth-order valence-electron chi connectivity index (χ4n) is 3.68. The number of nitriles is 1. The lowest BCUT2D eigenvalue weighted by molar-refractivity contribution is 0.247. The predicted molar refractivity (Wildman–Crippen MR) is 113 cm³/mol. The number of benzene rings is 1. The van der Waals surface area contributed by atoms with Crippen molar-refractivity contribution in [1.29, 1.82) is 5.26 Å². The van der Waals surface area contributed by atoms with Crippen LogP contribution in [-0.2, 0) is 6.54 Å². The average Bonchev–Trinajstić information content (AvgIpc) is 3.17. The van der Waals surface area contributed by atoms with E-state index < -0.39 is 0 Å². The van der Waals surface area contributed by atoms with Crippen LogP contribution >= 0.6 is 11.3 Å². The zero-order valence-corrected chi connectivity index (χ0v) is 17.3. The summed E-state index contributed by atoms with van der Waals surface area (Å²) in [5.41, 5.74) is 5.38. The Bertz CT molecular complexity index is 1050. The summed E-state index contributed by atoms with van der Waals surface area (Å²) in [7, 11) is 0. The van der Waals surface area contributed by atoms with Crippen LogP contribution in [0.3, 0.4) is 0 Å². The summed E-state index contributed by atoms with van der Waals surface area (Å²) in [6.07, 6.45) is 0. The molecule has 3 aromatic rings. The highest BCUT2D eigenvalue weighted by molar-refractivity contribution is 7.13. The van der Waals surface area contributed by atoms with Crippen LogP contribution < -0.4 is 4.90 Å². The Balaban J connectivity index is 1.40. The van der Waals surface area contributed by atoms with Crippen molar-refractivity contribution in [1.82, 2.24) is 14.9 Å². The molecule has 1 aromatic carbocycles. The number of hydrogen-bond donors (Lipinski definition) is 0. The highest BCUT2D eigenvalue weighted by Crippen LogP contribution is 2.26. The Morgan fingerprint density at radius 2 is 1.83 bits per heavy atom. The Morgan fingerprint density at radius 1 is 1.10 bits per heavy atom. The van der Waals surface area contributed by atoms with E-state index in [-0.39, 0.29) is 5.82 Å². The van der Waals surface area contributed by atoms with E-state index in [0.717, 1.165) is 66.1 Å². The molecule has 148 valence electrons. The molecule has 0 aliphatic carbocycles. The minimum Gasteiger partial charge on any atom is -0.368 e. The SMILES string of the molecule is Cc1cc(N2CCN(Cc3csc(-c4ccc(F)cc4)n3)CC2)c(C#N)c(C)n1. The van der Waals surface area contributed by atoms with Gasteiger partial charge in [-0.15, -0.1) is 11.3 Å². The molecule has 1 saturated heterocycles. The number of pyridine rings is 1. The molecule has 7 heteroatoms. The molecule has 0 amide bonds. The van der Waals surface area contributed by atoms with E-state index in [2.05, 4.69) is 26.2 Å². The molecule has 3 heterocycles. The van der Waals surface area contributed by atoms with Gasteiger partial charge in [0.15, 0.2) is 0 Å². The topological polar surface area (TPSA) is 56.0 Å². The Hall–Kier alpha value is -2.82. The van der Waals surface area contributed by atoms with Crippen LogP contribution in [0.2, 0.25) is 0 Å². The lowest BCUT2D eigenvalue weighted by atomic mass is 10.1. The van der Waals surface area contributed by atoms with Gasteiger partial charge in [0.05, 0.1) is 22.6 Å². The summed E-state index contributed by atoms with van der Waals surface area (Å²) in [5, 5.41) is 12.5. The van der Waals surface area contributed by atoms with E-state index in [1.807, 2.05) is 19.9 Å². The second-order valence-electron chi connectivity index (χ2n) is 7.27. The Labute approximate surface area is 174 Å². The van der Waals surface area contributed by atoms with Gasteiger partial charge in [-0.2, -0.15) is 5.26 Å². The van der Waals surface area contributed by atoms with Crippen molar-refractivity contribution in [3.8, 4) is 16.6 Å². The quantitative estimate of drug-likeness (QED) is 0.650. The maximum Gasteiger partial charge on any atom is 0.123 e. The summed E-state index contributed by atoms with van der Waals surface area (Å²) in [4.78, 5) is 13.8. The molecular formula is C22H22FN5S. The van der Waals surface area contributed by atoms with E-state index in [0.29, 0.717) is 5.56 Å². The number of thiazole rings is 1. The minimum absolute atomic E-state index is 0.234. The van der Waals surface area contributed by atoms with Crippen molar-refractivity contribution < 1.29 is 4.39 Å². The van der Waals surface area contributed by atoms with Crippen molar-refractivity contribution >= 4 is 17.0 Å². The van der Waals surface area contributed by atoms with Crippen molar-refractivity contribution in [3.63, 3.8) is 0 Å². The minimum atomic E-state index is -0.234. The predicted octanol–water partition coefficient (Wildman–Crippen LogP) is 4.15. The summed E-state index contributed by atoms with van der Waals surface area (Å²) in [6.45, 7) is 8.22. The molecule has 2 aromatic heterocycles. The number of halogens is 1. The van der Waals surface area contributed by atoms with Crippen LogP contribution in [0.25, 0.3) is 10.6 Å². The van der Waals surface area contributed by atoms with E-state index in [1.165, 1.54) is 12.1 Å². The van der Waals surface area contributed by atoms with Crippen LogP contribution in [0.5, 0.6) is 0 Å². The molecule has 0 spiro atoms. The van der Waals surface area contributed by atoms with Crippen LogP contribution in [0.4, 0.5) is 10.1 Å². The van der Waals surface area contributed by atoms with Gasteiger partial charge >= 0.3 is 0 Å². The molecule has 4 rings (SSSR count). The lowest BCUT2D eigenvalue weighted by Crippen LogP contribution is -2.46. The lowest BCUT2D eigenvalue weighted by Gasteiger charge is -2.36. The first-order chi connectivity index (χ1) is 14.0. The van der Waals surface area contributed by atoms with Crippen molar-refractivity contribution in [2.45, 2.75) is 20.4 Å². The zero-order valence-electron chi connectivity index (χ0n) is 16.5. The fourth-order valence-corrected chi connectivity index (χ4v) is 4.49. The Kier molecular flexibility index (Phi) is 5.56. The number of aryl methyl sites for hydroxylation is 2. The van der Waals surface area contributed by atoms with Gasteiger partial charge in [-0.3, -0.25) is 9.88 Å². The second-order valence-corrected chi connectivity index (χ2v) is 8.13. The van der Waals surface area contributed by atoms with Crippen LogP contribution in [-0.4, -0.2) is 41.0 Å². The third-order valence-corrected chi connectivity index (χ3v) is 6.10. The van der Waals surface area contributed by atoms with E-state index in [9.17, 15) is 9.65 Å². The van der Waals surface area contributed by atoms with Gasteiger partial charge in [-0.1, -0.05) is 0 Å². The van der Waals surface area contributed by atoms with Gasteiger partial charge in [0.1, 0.15) is 16.9 Å². The Morgan fingerprint density at radius 3 is 2.52 bits per heavy atom. The maximum absolute atomic E-state index is 13.1. The standard InChI is InChI=1S/C22H22FN5S/c1-15-11-21(20(12-24)16(2)25-15)28-9-7-27(8-10-28)13-19-14-29-22(26-19)17-3-5-18(23)6-4-17/h3-6,11,14H,7-10,13H2,1-2H3. The molecule has 0 bridgehead atoms. The monoisotopic (exact) mass is 407 g/mol. The second kappa shape index (κ2) is 8.27. The molecule has 0 saturated carbocycles. The first kappa shape index (κ1) is 19.5. The van der Waals surface area contributed by atoms with Crippen LogP contribution in [0, 0.1) is 31.0 Å². The highest BCUT2D eigenvalue weighted by Gasteiger charge is 2.21. The summed E-state index contributed by atoms with van der Waals surface area (Å²) < 4.78 is 13.1. The smallest absolute Gasteiger partial charge is 0.123 e. The summed E-state index contributed by atoms with van der Waals surface area (Å²) in [6, 6.07) is 10.8. The molecule has 0 N–H and O–H groups in total. The molecule has 0 radical (unpaired) electrons. The molecule has 0 unspecified atom stereocenters. The molecule has 1 aliphatic heterocycles. The van der Waals surface area contributed by atoms with Gasteiger partial charge in [-0.25, -0.2) is 9.37 Å². The highest BCUT2D eigenvalue weighted by atomic mass is 32.1. The van der Waals surface area contributed by atoms with Crippen LogP contribution in [0.15, 0.2) is 35.7 Å². The van der Waals surface area contributed by atoms with E-state index in [4.69, 9.17) is 4.98 Å². The molecule has 29 heavy (non-hydrogen) atoms. The van der Waals surface area contributed by atoms with Gasteiger partial charge in [0.25, 0.3) is 0 Å². The van der Waals surface area contributed by atoms with Crippen molar-refractivity contribution in [3.05, 3.63) is 64.2 Å². The number of nitrogens with zero attached hydrogens (tertiary/aromatic N) is 5. The number of anilines is 1. The largest absolute Gasteiger partial charge is 0.368 e. The van der Waals surface area contributed by atoms with Gasteiger partial charge in [0, 0.05) is 49.4 Å². The molecule has 5 nitrogen and oxygen atoms in total. The van der Waals surface area contributed by atoms with Crippen molar-refractivity contribution in [2.75, 3.05) is 31.1 Å². The van der Waals surface area contributed by atoms with E-state index in [1.54, 1.807) is 23.5 Å². The molecule has 0 atom stereocenters. The number of rotatable bonds is 4. The summed E-state index contributed by atoms with van der Waals surface area (Å²) in [5.74, 6) is -0.234. The van der Waals surface area contributed by atoms with Gasteiger partial charge < -0.3 is 4.90 Å². The molecular weight excluding hydrogens is 385 g/mol. The molecule has 1 fully saturated rings. The number of aromatic nitrogens is 2. The summed E-state index contributed by atoms with van der Waals surface area (Å²) >= 11 is 1.59. The third kappa shape index (κ3) is 4.29. The first-order valence-electron chi connectivity index (χ1n) is 9.59. The fraction of sp³-hybridized carbons (Fsp3) is 0.318. The maximum atomic E-state index is 13.1. The zero-order chi connectivity index (χ0) is 20.4. The van der Waals surface area contributed by atoms with Gasteiger partial charge in [-0.05, 0) is 44.2 Å². The first-order valence-corrected chi connectivity index (χ1v) is 10.5. The van der Waals surface area contributed by atoms with Crippen LogP contribution in [0.1, 0.15) is 22.6 Å². The molecule has 1 aliphatic rings. The number of hydrogen-bond acceptors (Lipinski definition) is 6. The average molecular weight is 408 g/mol. The third-order valence-electron chi connectivity index (χ3n) is 5.16. The number of piperazine rings is 1. The van der Waals surface area contributed by atoms with E-state index >= 15 is 0 Å².